The summed E-state index contributed by atoms with van der Waals surface area (Å²) in [6, 6.07) is 6.57. The SMILES string of the molecule is CC(N)Cc1ccc(N(C)C)cc1Br.Cl.Cl. The highest BCUT2D eigenvalue weighted by molar-refractivity contribution is 9.10. The maximum absolute atomic E-state index is 5.76. The largest absolute Gasteiger partial charge is 0.378 e. The molecule has 0 heterocycles. The molecule has 0 aliphatic rings. The molecule has 5 heteroatoms. The first kappa shape index (κ1) is 18.4. The van der Waals surface area contributed by atoms with Crippen molar-refractivity contribution in [2.45, 2.75) is 19.4 Å². The summed E-state index contributed by atoms with van der Waals surface area (Å²) in [7, 11) is 4.07. The molecule has 94 valence electrons. The molecule has 0 saturated carbocycles. The van der Waals surface area contributed by atoms with Gasteiger partial charge in [-0.15, -0.1) is 24.8 Å². The molecule has 0 saturated heterocycles. The van der Waals surface area contributed by atoms with E-state index in [1.807, 2.05) is 21.0 Å². The van der Waals surface area contributed by atoms with Crippen LogP contribution < -0.4 is 10.6 Å². The molecule has 1 unspecified atom stereocenters. The summed E-state index contributed by atoms with van der Waals surface area (Å²) in [6.45, 7) is 2.02. The molecule has 1 atom stereocenters. The average molecular weight is 330 g/mol. The van der Waals surface area contributed by atoms with Crippen molar-refractivity contribution in [3.63, 3.8) is 0 Å². The monoisotopic (exact) mass is 328 g/mol. The number of hydrogen-bond donors (Lipinski definition) is 1. The van der Waals surface area contributed by atoms with E-state index in [-0.39, 0.29) is 30.9 Å². The van der Waals surface area contributed by atoms with Crippen molar-refractivity contribution in [2.24, 2.45) is 5.73 Å². The second-order valence-electron chi connectivity index (χ2n) is 3.85. The lowest BCUT2D eigenvalue weighted by atomic mass is 10.1. The molecular weight excluding hydrogens is 311 g/mol. The Morgan fingerprint density at radius 2 is 1.88 bits per heavy atom. The van der Waals surface area contributed by atoms with Crippen molar-refractivity contribution < 1.29 is 0 Å². The zero-order valence-corrected chi connectivity index (χ0v) is 13.0. The van der Waals surface area contributed by atoms with E-state index in [1.165, 1.54) is 11.3 Å². The summed E-state index contributed by atoms with van der Waals surface area (Å²) in [5.41, 5.74) is 8.23. The highest BCUT2D eigenvalue weighted by Gasteiger charge is 2.04. The van der Waals surface area contributed by atoms with E-state index in [9.17, 15) is 0 Å². The Balaban J connectivity index is 0. The minimum absolute atomic E-state index is 0. The van der Waals surface area contributed by atoms with Gasteiger partial charge in [0.15, 0.2) is 0 Å². The molecule has 0 amide bonds. The smallest absolute Gasteiger partial charge is 0.0372 e. The number of anilines is 1. The second-order valence-corrected chi connectivity index (χ2v) is 4.71. The van der Waals surface area contributed by atoms with Gasteiger partial charge in [0.2, 0.25) is 0 Å². The van der Waals surface area contributed by atoms with Gasteiger partial charge in [-0.05, 0) is 31.0 Å². The zero-order valence-electron chi connectivity index (χ0n) is 9.74. The Morgan fingerprint density at radius 3 is 2.25 bits per heavy atom. The first-order chi connectivity index (χ1) is 6.50. The topological polar surface area (TPSA) is 29.3 Å². The van der Waals surface area contributed by atoms with Crippen molar-refractivity contribution in [3.8, 4) is 0 Å². The maximum Gasteiger partial charge on any atom is 0.0372 e. The van der Waals surface area contributed by atoms with Crippen LogP contribution in [0, 0.1) is 0 Å². The van der Waals surface area contributed by atoms with Crippen LogP contribution >= 0.6 is 40.7 Å². The molecule has 0 aliphatic heterocycles. The van der Waals surface area contributed by atoms with Gasteiger partial charge in [0.25, 0.3) is 0 Å². The fourth-order valence-electron chi connectivity index (χ4n) is 1.33. The summed E-state index contributed by atoms with van der Waals surface area (Å²) in [5.74, 6) is 0. The van der Waals surface area contributed by atoms with E-state index >= 15 is 0 Å². The van der Waals surface area contributed by atoms with Crippen LogP contribution in [0.25, 0.3) is 0 Å². The number of nitrogens with zero attached hydrogens (tertiary/aromatic N) is 1. The third-order valence-electron chi connectivity index (χ3n) is 2.09. The highest BCUT2D eigenvalue weighted by Crippen LogP contribution is 2.23. The van der Waals surface area contributed by atoms with E-state index in [2.05, 4.69) is 39.0 Å². The molecule has 0 radical (unpaired) electrons. The third-order valence-corrected chi connectivity index (χ3v) is 2.83. The van der Waals surface area contributed by atoms with Crippen LogP contribution in [-0.4, -0.2) is 20.1 Å². The normalized spacial score (nSPS) is 11.1. The molecule has 1 aromatic carbocycles. The van der Waals surface area contributed by atoms with Crippen LogP contribution in [0.15, 0.2) is 22.7 Å². The molecule has 1 rings (SSSR count). The summed E-state index contributed by atoms with van der Waals surface area (Å²) in [4.78, 5) is 2.08. The van der Waals surface area contributed by atoms with Crippen LogP contribution in [0.4, 0.5) is 5.69 Å². The summed E-state index contributed by atoms with van der Waals surface area (Å²) in [6.07, 6.45) is 0.911. The fraction of sp³-hybridized carbons (Fsp3) is 0.455. The van der Waals surface area contributed by atoms with E-state index in [1.54, 1.807) is 0 Å². The molecule has 0 bridgehead atoms. The van der Waals surface area contributed by atoms with Gasteiger partial charge in [-0.25, -0.2) is 0 Å². The van der Waals surface area contributed by atoms with Gasteiger partial charge in [-0.3, -0.25) is 0 Å². The maximum atomic E-state index is 5.76. The summed E-state index contributed by atoms with van der Waals surface area (Å²) < 4.78 is 1.14. The lowest BCUT2D eigenvalue weighted by molar-refractivity contribution is 0.736. The van der Waals surface area contributed by atoms with E-state index in [0.29, 0.717) is 0 Å². The van der Waals surface area contributed by atoms with Gasteiger partial charge in [0, 0.05) is 30.3 Å². The molecule has 0 fully saturated rings. The molecule has 1 aromatic rings. The fourth-order valence-corrected chi connectivity index (χ4v) is 1.86. The molecule has 2 N–H and O–H groups in total. The minimum Gasteiger partial charge on any atom is -0.378 e. The Kier molecular flexibility index (Phi) is 9.41. The first-order valence-corrected chi connectivity index (χ1v) is 5.51. The van der Waals surface area contributed by atoms with E-state index in [4.69, 9.17) is 5.73 Å². The van der Waals surface area contributed by atoms with Crippen molar-refractivity contribution in [3.05, 3.63) is 28.2 Å². The molecule has 2 nitrogen and oxygen atoms in total. The van der Waals surface area contributed by atoms with Crippen LogP contribution in [0.5, 0.6) is 0 Å². The standard InChI is InChI=1S/C11H17BrN2.2ClH/c1-8(13)6-9-4-5-10(14(2)3)7-11(9)12;;/h4-5,7-8H,6,13H2,1-3H3;2*1H. The van der Waals surface area contributed by atoms with E-state index < -0.39 is 0 Å². The number of halogens is 3. The Morgan fingerprint density at radius 1 is 1.31 bits per heavy atom. The molecular formula is C11H19BrCl2N2. The van der Waals surface area contributed by atoms with Crippen LogP contribution in [0.1, 0.15) is 12.5 Å². The second kappa shape index (κ2) is 8.18. The Labute approximate surface area is 119 Å². The zero-order chi connectivity index (χ0) is 10.7. The predicted molar refractivity (Wildman–Crippen MR) is 80.3 cm³/mol. The Bertz CT molecular complexity index is 317. The van der Waals surface area contributed by atoms with Crippen molar-refractivity contribution in [1.29, 1.82) is 0 Å². The average Bonchev–Trinajstić information content (AvgIpc) is 2.07. The van der Waals surface area contributed by atoms with Crippen molar-refractivity contribution in [1.82, 2.24) is 0 Å². The number of rotatable bonds is 3. The van der Waals surface area contributed by atoms with Gasteiger partial charge < -0.3 is 10.6 Å². The molecule has 0 aliphatic carbocycles. The Hall–Kier alpha value is 0.0400. The van der Waals surface area contributed by atoms with Crippen LogP contribution in [0.2, 0.25) is 0 Å². The number of nitrogens with two attached hydrogens (primary N) is 1. The molecule has 0 aromatic heterocycles. The highest BCUT2D eigenvalue weighted by atomic mass is 79.9. The van der Waals surface area contributed by atoms with Crippen LogP contribution in [0.3, 0.4) is 0 Å². The number of hydrogen-bond acceptors (Lipinski definition) is 2. The van der Waals surface area contributed by atoms with Gasteiger partial charge in [0.05, 0.1) is 0 Å². The third kappa shape index (κ3) is 5.39. The van der Waals surface area contributed by atoms with Gasteiger partial charge >= 0.3 is 0 Å². The van der Waals surface area contributed by atoms with Gasteiger partial charge in [-0.2, -0.15) is 0 Å². The molecule has 16 heavy (non-hydrogen) atoms. The van der Waals surface area contributed by atoms with E-state index in [0.717, 1.165) is 10.9 Å². The van der Waals surface area contributed by atoms with Crippen LogP contribution in [-0.2, 0) is 6.42 Å². The van der Waals surface area contributed by atoms with Crippen molar-refractivity contribution >= 4 is 46.4 Å². The summed E-state index contributed by atoms with van der Waals surface area (Å²) >= 11 is 3.56. The quantitative estimate of drug-likeness (QED) is 0.922. The van der Waals surface area contributed by atoms with Gasteiger partial charge in [0.1, 0.15) is 0 Å². The minimum atomic E-state index is 0. The lowest BCUT2D eigenvalue weighted by Gasteiger charge is -2.15. The first-order valence-electron chi connectivity index (χ1n) is 4.72. The molecule has 0 spiro atoms. The van der Waals surface area contributed by atoms with Gasteiger partial charge in [-0.1, -0.05) is 22.0 Å². The number of benzene rings is 1. The predicted octanol–water partition coefficient (Wildman–Crippen LogP) is 3.25. The summed E-state index contributed by atoms with van der Waals surface area (Å²) in [5, 5.41) is 0. The van der Waals surface area contributed by atoms with Crippen molar-refractivity contribution in [2.75, 3.05) is 19.0 Å². The lowest BCUT2D eigenvalue weighted by Crippen LogP contribution is -2.18.